The quantitative estimate of drug-likeness (QED) is 0.770. The van der Waals surface area contributed by atoms with Crippen LogP contribution in [0, 0.1) is 6.92 Å². The lowest BCUT2D eigenvalue weighted by Gasteiger charge is -2.18. The number of likely N-dealkylation sites (N-methyl/N-ethyl adjacent to an activating group) is 1. The summed E-state index contributed by atoms with van der Waals surface area (Å²) in [6, 6.07) is 5.76. The van der Waals surface area contributed by atoms with Gasteiger partial charge in [-0.25, -0.2) is 0 Å². The molecule has 3 N–H and O–H groups in total. The SMILES string of the molecule is COc1ccc(CN(C)C(=O)CNC(=O)CN)cc1C. The van der Waals surface area contributed by atoms with Crippen LogP contribution in [-0.4, -0.2) is 44.0 Å². The van der Waals surface area contributed by atoms with E-state index >= 15 is 0 Å². The molecule has 0 aliphatic carbocycles. The Labute approximate surface area is 118 Å². The normalized spacial score (nSPS) is 10.0. The monoisotopic (exact) mass is 279 g/mol. The zero-order valence-corrected chi connectivity index (χ0v) is 12.1. The fourth-order valence-corrected chi connectivity index (χ4v) is 1.78. The van der Waals surface area contributed by atoms with E-state index in [1.165, 1.54) is 0 Å². The first-order valence-corrected chi connectivity index (χ1v) is 6.32. The van der Waals surface area contributed by atoms with E-state index in [4.69, 9.17) is 10.5 Å². The van der Waals surface area contributed by atoms with E-state index in [2.05, 4.69) is 5.32 Å². The molecule has 0 aromatic heterocycles. The summed E-state index contributed by atoms with van der Waals surface area (Å²) in [6.45, 7) is 2.27. The van der Waals surface area contributed by atoms with Gasteiger partial charge in [0.25, 0.3) is 0 Å². The maximum atomic E-state index is 11.8. The Morgan fingerprint density at radius 2 is 2.10 bits per heavy atom. The lowest BCUT2D eigenvalue weighted by Crippen LogP contribution is -2.40. The maximum absolute atomic E-state index is 11.8. The number of carbonyl (C=O) groups excluding carboxylic acids is 2. The highest BCUT2D eigenvalue weighted by Crippen LogP contribution is 2.19. The van der Waals surface area contributed by atoms with Gasteiger partial charge in [0, 0.05) is 13.6 Å². The average Bonchev–Trinajstić information content (AvgIpc) is 2.44. The number of carbonyl (C=O) groups is 2. The van der Waals surface area contributed by atoms with E-state index in [-0.39, 0.29) is 24.9 Å². The maximum Gasteiger partial charge on any atom is 0.242 e. The van der Waals surface area contributed by atoms with Gasteiger partial charge in [0.05, 0.1) is 20.2 Å². The molecule has 110 valence electrons. The third-order valence-electron chi connectivity index (χ3n) is 2.93. The molecule has 0 saturated carbocycles. The summed E-state index contributed by atoms with van der Waals surface area (Å²) in [4.78, 5) is 24.4. The van der Waals surface area contributed by atoms with Gasteiger partial charge < -0.3 is 20.7 Å². The molecule has 6 heteroatoms. The van der Waals surface area contributed by atoms with E-state index in [0.717, 1.165) is 16.9 Å². The molecule has 2 amide bonds. The molecule has 0 unspecified atom stereocenters. The Balaban J connectivity index is 2.57. The predicted octanol–water partition coefficient (Wildman–Crippen LogP) is 0.0369. The molecule has 1 aromatic carbocycles. The summed E-state index contributed by atoms with van der Waals surface area (Å²) >= 11 is 0. The number of hydrogen-bond acceptors (Lipinski definition) is 4. The Hall–Kier alpha value is -2.08. The van der Waals surface area contributed by atoms with Gasteiger partial charge in [-0.2, -0.15) is 0 Å². The molecule has 0 heterocycles. The van der Waals surface area contributed by atoms with Crippen LogP contribution >= 0.6 is 0 Å². The molecule has 0 atom stereocenters. The first-order valence-electron chi connectivity index (χ1n) is 6.32. The zero-order valence-electron chi connectivity index (χ0n) is 12.1. The van der Waals surface area contributed by atoms with Gasteiger partial charge in [-0.1, -0.05) is 12.1 Å². The summed E-state index contributed by atoms with van der Waals surface area (Å²) in [7, 11) is 3.31. The van der Waals surface area contributed by atoms with Gasteiger partial charge in [-0.15, -0.1) is 0 Å². The number of amides is 2. The highest BCUT2D eigenvalue weighted by Gasteiger charge is 2.11. The van der Waals surface area contributed by atoms with Crippen molar-refractivity contribution in [1.82, 2.24) is 10.2 Å². The highest BCUT2D eigenvalue weighted by molar-refractivity contribution is 5.85. The smallest absolute Gasteiger partial charge is 0.242 e. The molecule has 0 spiro atoms. The van der Waals surface area contributed by atoms with E-state index in [0.29, 0.717) is 6.54 Å². The molecular formula is C14H21N3O3. The molecule has 20 heavy (non-hydrogen) atoms. The second-order valence-corrected chi connectivity index (χ2v) is 4.53. The lowest BCUT2D eigenvalue weighted by molar-refractivity contribution is -0.131. The van der Waals surface area contributed by atoms with E-state index in [9.17, 15) is 9.59 Å². The molecule has 0 aliphatic heterocycles. The molecular weight excluding hydrogens is 258 g/mol. The summed E-state index contributed by atoms with van der Waals surface area (Å²) in [5.41, 5.74) is 7.17. The minimum Gasteiger partial charge on any atom is -0.496 e. The van der Waals surface area contributed by atoms with Crippen molar-refractivity contribution in [2.45, 2.75) is 13.5 Å². The number of rotatable bonds is 6. The summed E-state index contributed by atoms with van der Waals surface area (Å²) < 4.78 is 5.19. The van der Waals surface area contributed by atoms with Crippen molar-refractivity contribution < 1.29 is 14.3 Å². The number of hydrogen-bond donors (Lipinski definition) is 2. The average molecular weight is 279 g/mol. The van der Waals surface area contributed by atoms with Crippen LogP contribution in [0.15, 0.2) is 18.2 Å². The Bertz CT molecular complexity index is 489. The first kappa shape index (κ1) is 16.0. The van der Waals surface area contributed by atoms with Gasteiger partial charge in [0.15, 0.2) is 0 Å². The van der Waals surface area contributed by atoms with E-state index < -0.39 is 0 Å². The van der Waals surface area contributed by atoms with Crippen LogP contribution in [0.2, 0.25) is 0 Å². The molecule has 1 aromatic rings. The number of ether oxygens (including phenoxy) is 1. The summed E-state index contributed by atoms with van der Waals surface area (Å²) in [5.74, 6) is 0.310. The van der Waals surface area contributed by atoms with Crippen LogP contribution < -0.4 is 15.8 Å². The van der Waals surface area contributed by atoms with Crippen molar-refractivity contribution in [3.8, 4) is 5.75 Å². The van der Waals surface area contributed by atoms with Crippen LogP contribution in [0.5, 0.6) is 5.75 Å². The topological polar surface area (TPSA) is 84.7 Å². The summed E-state index contributed by atoms with van der Waals surface area (Å²) in [5, 5.41) is 2.45. The fourth-order valence-electron chi connectivity index (χ4n) is 1.78. The minimum absolute atomic E-state index is 0.0400. The van der Waals surface area contributed by atoms with Gasteiger partial charge in [0.2, 0.25) is 11.8 Å². The molecule has 0 aliphatic rings. The van der Waals surface area contributed by atoms with Gasteiger partial charge in [-0.3, -0.25) is 9.59 Å². The van der Waals surface area contributed by atoms with Gasteiger partial charge in [-0.05, 0) is 24.1 Å². The standard InChI is InChI=1S/C14H21N3O3/c1-10-6-11(4-5-12(10)20-3)9-17(2)14(19)8-16-13(18)7-15/h4-6H,7-9,15H2,1-3H3,(H,16,18). The van der Waals surface area contributed by atoms with Gasteiger partial charge in [0.1, 0.15) is 5.75 Å². The van der Waals surface area contributed by atoms with E-state index in [1.54, 1.807) is 19.1 Å². The second-order valence-electron chi connectivity index (χ2n) is 4.53. The molecule has 6 nitrogen and oxygen atoms in total. The Kier molecular flexibility index (Phi) is 5.99. The third kappa shape index (κ3) is 4.55. The van der Waals surface area contributed by atoms with Crippen molar-refractivity contribution in [3.63, 3.8) is 0 Å². The molecule has 0 radical (unpaired) electrons. The fraction of sp³-hybridized carbons (Fsp3) is 0.429. The second kappa shape index (κ2) is 7.49. The van der Waals surface area contributed by atoms with Gasteiger partial charge >= 0.3 is 0 Å². The Morgan fingerprint density at radius 3 is 2.65 bits per heavy atom. The largest absolute Gasteiger partial charge is 0.496 e. The van der Waals surface area contributed by atoms with Crippen molar-refractivity contribution in [1.29, 1.82) is 0 Å². The van der Waals surface area contributed by atoms with Crippen LogP contribution in [0.1, 0.15) is 11.1 Å². The number of nitrogens with zero attached hydrogens (tertiary/aromatic N) is 1. The molecule has 0 bridgehead atoms. The Morgan fingerprint density at radius 1 is 1.40 bits per heavy atom. The van der Waals surface area contributed by atoms with Crippen LogP contribution in [0.3, 0.4) is 0 Å². The van der Waals surface area contributed by atoms with E-state index in [1.807, 2.05) is 25.1 Å². The number of nitrogens with one attached hydrogen (secondary N) is 1. The van der Waals surface area contributed by atoms with Crippen molar-refractivity contribution in [2.75, 3.05) is 27.2 Å². The number of benzene rings is 1. The predicted molar refractivity (Wildman–Crippen MR) is 76.3 cm³/mol. The minimum atomic E-state index is -0.341. The highest BCUT2D eigenvalue weighted by atomic mass is 16.5. The number of nitrogens with two attached hydrogens (primary N) is 1. The zero-order chi connectivity index (χ0) is 15.1. The van der Waals surface area contributed by atoms with Crippen molar-refractivity contribution in [2.24, 2.45) is 5.73 Å². The third-order valence-corrected chi connectivity index (χ3v) is 2.93. The van der Waals surface area contributed by atoms with Crippen LogP contribution in [-0.2, 0) is 16.1 Å². The number of aryl methyl sites for hydroxylation is 1. The molecule has 1 rings (SSSR count). The lowest BCUT2D eigenvalue weighted by atomic mass is 10.1. The summed E-state index contributed by atoms with van der Waals surface area (Å²) in [6.07, 6.45) is 0. The van der Waals surface area contributed by atoms with Crippen molar-refractivity contribution in [3.05, 3.63) is 29.3 Å². The molecule has 0 saturated heterocycles. The van der Waals surface area contributed by atoms with Crippen LogP contribution in [0.4, 0.5) is 0 Å². The van der Waals surface area contributed by atoms with Crippen molar-refractivity contribution >= 4 is 11.8 Å². The van der Waals surface area contributed by atoms with Crippen LogP contribution in [0.25, 0.3) is 0 Å². The molecule has 0 fully saturated rings. The number of methoxy groups -OCH3 is 1. The first-order chi connectivity index (χ1) is 9.47.